The number of ether oxygens (including phenoxy) is 1. The summed E-state index contributed by atoms with van der Waals surface area (Å²) in [5, 5.41) is 22.8. The van der Waals surface area contributed by atoms with Crippen molar-refractivity contribution in [1.82, 2.24) is 9.88 Å². The highest BCUT2D eigenvalue weighted by Gasteiger charge is 2.23. The van der Waals surface area contributed by atoms with Crippen LogP contribution >= 0.6 is 0 Å². The van der Waals surface area contributed by atoms with Crippen molar-refractivity contribution in [3.63, 3.8) is 0 Å². The first-order valence-corrected chi connectivity index (χ1v) is 6.69. The van der Waals surface area contributed by atoms with Gasteiger partial charge in [0.2, 0.25) is 11.7 Å². The number of aromatic nitrogens is 1. The normalized spacial score (nSPS) is 16.2. The summed E-state index contributed by atoms with van der Waals surface area (Å²) in [7, 11) is 1.47. The first kappa shape index (κ1) is 15.0. The Morgan fingerprint density at radius 3 is 2.86 bits per heavy atom. The van der Waals surface area contributed by atoms with Crippen LogP contribution in [0.3, 0.4) is 0 Å². The van der Waals surface area contributed by atoms with Crippen LogP contribution in [0.25, 0.3) is 0 Å². The monoisotopic (exact) mass is 291 g/mol. The number of likely N-dealkylation sites (tertiary alicyclic amines) is 1. The van der Waals surface area contributed by atoms with Crippen LogP contribution in [-0.4, -0.2) is 47.6 Å². The highest BCUT2D eigenvalue weighted by atomic mass is 16.6. The number of nitrogens with zero attached hydrogens (tertiary/aromatic N) is 4. The van der Waals surface area contributed by atoms with E-state index in [2.05, 4.69) is 21.3 Å². The fourth-order valence-corrected chi connectivity index (χ4v) is 2.33. The van der Waals surface area contributed by atoms with Gasteiger partial charge in [0.15, 0.2) is 0 Å². The Balaban J connectivity index is 2.06. The predicted octanol–water partition coefficient (Wildman–Crippen LogP) is 1.40. The summed E-state index contributed by atoms with van der Waals surface area (Å²) in [6.07, 6.45) is 1.63. The maximum atomic E-state index is 11.0. The fraction of sp³-hybridized carbons (Fsp3) is 0.538. The molecule has 0 saturated carbocycles. The van der Waals surface area contributed by atoms with E-state index in [9.17, 15) is 10.1 Å². The molecule has 2 heterocycles. The Hall–Kier alpha value is -2.40. The van der Waals surface area contributed by atoms with Crippen LogP contribution in [0, 0.1) is 21.4 Å². The van der Waals surface area contributed by atoms with E-state index < -0.39 is 4.92 Å². The van der Waals surface area contributed by atoms with Crippen LogP contribution in [0.4, 0.5) is 11.5 Å². The van der Waals surface area contributed by atoms with Crippen molar-refractivity contribution in [2.24, 2.45) is 0 Å². The standard InChI is InChI=1S/C13H17N5O3/c1-21-12-3-2-11(18(19)20)13(16-12)15-10-4-7-17(8-5-10)9-6-14/h2-3,10H,4-5,7-9H2,1H3,(H,15,16). The largest absolute Gasteiger partial charge is 0.481 e. The number of hydrogen-bond donors (Lipinski definition) is 1. The van der Waals surface area contributed by atoms with E-state index >= 15 is 0 Å². The summed E-state index contributed by atoms with van der Waals surface area (Å²) in [5.74, 6) is 0.572. The molecule has 1 fully saturated rings. The van der Waals surface area contributed by atoms with Crippen molar-refractivity contribution in [3.05, 3.63) is 22.2 Å². The quantitative estimate of drug-likeness (QED) is 0.496. The Morgan fingerprint density at radius 2 is 2.29 bits per heavy atom. The minimum Gasteiger partial charge on any atom is -0.481 e. The van der Waals surface area contributed by atoms with Gasteiger partial charge in [-0.25, -0.2) is 0 Å². The molecule has 8 heteroatoms. The van der Waals surface area contributed by atoms with E-state index in [1.807, 2.05) is 0 Å². The van der Waals surface area contributed by atoms with E-state index in [0.717, 1.165) is 25.9 Å². The zero-order valence-corrected chi connectivity index (χ0v) is 11.8. The van der Waals surface area contributed by atoms with Crippen molar-refractivity contribution < 1.29 is 9.66 Å². The third-order valence-corrected chi connectivity index (χ3v) is 3.48. The Bertz CT molecular complexity index is 549. The van der Waals surface area contributed by atoms with E-state index in [1.165, 1.54) is 19.2 Å². The third kappa shape index (κ3) is 3.79. The molecule has 1 aromatic rings. The average Bonchev–Trinajstić information content (AvgIpc) is 2.49. The molecule has 1 aliphatic rings. The summed E-state index contributed by atoms with van der Waals surface area (Å²) >= 11 is 0. The Morgan fingerprint density at radius 1 is 1.57 bits per heavy atom. The number of nitro groups is 1. The minimum atomic E-state index is -0.459. The smallest absolute Gasteiger partial charge is 0.311 e. The molecule has 112 valence electrons. The van der Waals surface area contributed by atoms with Crippen molar-refractivity contribution in [1.29, 1.82) is 5.26 Å². The average molecular weight is 291 g/mol. The number of anilines is 1. The molecule has 0 atom stereocenters. The molecule has 0 unspecified atom stereocenters. The van der Waals surface area contributed by atoms with E-state index in [1.54, 1.807) is 0 Å². The van der Waals surface area contributed by atoms with E-state index in [4.69, 9.17) is 10.00 Å². The molecule has 8 nitrogen and oxygen atoms in total. The second-order valence-electron chi connectivity index (χ2n) is 4.83. The summed E-state index contributed by atoms with van der Waals surface area (Å²) in [6, 6.07) is 5.10. The summed E-state index contributed by atoms with van der Waals surface area (Å²) < 4.78 is 5.01. The van der Waals surface area contributed by atoms with E-state index in [0.29, 0.717) is 12.4 Å². The number of nitriles is 1. The highest BCUT2D eigenvalue weighted by molar-refractivity contribution is 5.57. The molecule has 1 saturated heterocycles. The molecule has 0 bridgehead atoms. The first-order chi connectivity index (χ1) is 10.1. The first-order valence-electron chi connectivity index (χ1n) is 6.69. The SMILES string of the molecule is COc1ccc([N+](=O)[O-])c(NC2CCN(CC#N)CC2)n1. The van der Waals surface area contributed by atoms with Gasteiger partial charge in [0.1, 0.15) is 0 Å². The van der Waals surface area contributed by atoms with Crippen molar-refractivity contribution in [3.8, 4) is 11.9 Å². The fourth-order valence-electron chi connectivity index (χ4n) is 2.33. The zero-order valence-electron chi connectivity index (χ0n) is 11.8. The number of pyridine rings is 1. The number of rotatable bonds is 5. The number of piperidine rings is 1. The van der Waals surface area contributed by atoms with Crippen molar-refractivity contribution >= 4 is 11.5 Å². The Kier molecular flexibility index (Phi) is 4.90. The van der Waals surface area contributed by atoms with Crippen LogP contribution in [-0.2, 0) is 0 Å². The van der Waals surface area contributed by atoms with Gasteiger partial charge >= 0.3 is 5.69 Å². The molecule has 0 spiro atoms. The van der Waals surface area contributed by atoms with Gasteiger partial charge in [0, 0.05) is 31.3 Å². The van der Waals surface area contributed by atoms with Gasteiger partial charge in [0.05, 0.1) is 24.6 Å². The van der Waals surface area contributed by atoms with Crippen LogP contribution < -0.4 is 10.1 Å². The lowest BCUT2D eigenvalue weighted by molar-refractivity contribution is -0.384. The third-order valence-electron chi connectivity index (χ3n) is 3.48. The van der Waals surface area contributed by atoms with Crippen molar-refractivity contribution in [2.45, 2.75) is 18.9 Å². The van der Waals surface area contributed by atoms with Gasteiger partial charge in [-0.1, -0.05) is 0 Å². The van der Waals surface area contributed by atoms with E-state index in [-0.39, 0.29) is 17.5 Å². The molecule has 1 N–H and O–H groups in total. The van der Waals surface area contributed by atoms with Crippen LogP contribution in [0.5, 0.6) is 5.88 Å². The molecule has 21 heavy (non-hydrogen) atoms. The molecule has 0 radical (unpaired) electrons. The van der Waals surface area contributed by atoms with Gasteiger partial charge in [-0.15, -0.1) is 0 Å². The van der Waals surface area contributed by atoms with Gasteiger partial charge in [-0.3, -0.25) is 15.0 Å². The Labute approximate surface area is 122 Å². The predicted molar refractivity (Wildman–Crippen MR) is 76.1 cm³/mol. The summed E-state index contributed by atoms with van der Waals surface area (Å²) in [4.78, 5) is 16.8. The molecule has 0 aliphatic carbocycles. The van der Waals surface area contributed by atoms with Crippen LogP contribution in [0.1, 0.15) is 12.8 Å². The lowest BCUT2D eigenvalue weighted by atomic mass is 10.1. The van der Waals surface area contributed by atoms with Gasteiger partial charge < -0.3 is 10.1 Å². The second kappa shape index (κ2) is 6.85. The molecular formula is C13H17N5O3. The van der Waals surface area contributed by atoms with Crippen molar-refractivity contribution in [2.75, 3.05) is 32.1 Å². The van der Waals surface area contributed by atoms with Crippen LogP contribution in [0.15, 0.2) is 12.1 Å². The number of hydrogen-bond acceptors (Lipinski definition) is 7. The molecular weight excluding hydrogens is 274 g/mol. The molecule has 0 amide bonds. The van der Waals surface area contributed by atoms with Gasteiger partial charge in [-0.05, 0) is 12.8 Å². The molecule has 1 aliphatic heterocycles. The maximum Gasteiger partial charge on any atom is 0.311 e. The summed E-state index contributed by atoms with van der Waals surface area (Å²) in [5.41, 5.74) is -0.0599. The molecule has 0 aromatic carbocycles. The van der Waals surface area contributed by atoms with Gasteiger partial charge in [-0.2, -0.15) is 10.2 Å². The lowest BCUT2D eigenvalue weighted by Crippen LogP contribution is -2.39. The lowest BCUT2D eigenvalue weighted by Gasteiger charge is -2.30. The zero-order chi connectivity index (χ0) is 15.2. The molecule has 1 aromatic heterocycles. The molecule has 2 rings (SSSR count). The van der Waals surface area contributed by atoms with Gasteiger partial charge in [0.25, 0.3) is 0 Å². The summed E-state index contributed by atoms with van der Waals surface area (Å²) in [6.45, 7) is 2.01. The topological polar surface area (TPSA) is 104 Å². The number of methoxy groups -OCH3 is 1. The maximum absolute atomic E-state index is 11.0. The number of nitrogens with one attached hydrogen (secondary N) is 1. The highest BCUT2D eigenvalue weighted by Crippen LogP contribution is 2.27. The minimum absolute atomic E-state index is 0.0599. The second-order valence-corrected chi connectivity index (χ2v) is 4.83. The van der Waals surface area contributed by atoms with Crippen LogP contribution in [0.2, 0.25) is 0 Å².